The molecule has 0 heterocycles. The van der Waals surface area contributed by atoms with Gasteiger partial charge in [0.05, 0.1) is 34.4 Å². The van der Waals surface area contributed by atoms with E-state index < -0.39 is 13.9 Å². The summed E-state index contributed by atoms with van der Waals surface area (Å²) in [5.74, 6) is -0.357. The second-order valence-corrected chi connectivity index (χ2v) is 18.6. The summed E-state index contributed by atoms with van der Waals surface area (Å²) in [6.07, 6.45) is 44.0. The van der Waals surface area contributed by atoms with Crippen molar-refractivity contribution in [3.63, 3.8) is 0 Å². The van der Waals surface area contributed by atoms with Gasteiger partial charge in [0.25, 0.3) is 0 Å². The normalized spacial score (nSPS) is 13.8. The van der Waals surface area contributed by atoms with E-state index in [9.17, 15) is 14.3 Å². The summed E-state index contributed by atoms with van der Waals surface area (Å²) in [6.45, 7) is 5.62. The van der Waals surface area contributed by atoms with Crippen molar-refractivity contribution in [2.75, 3.05) is 54.1 Å². The van der Waals surface area contributed by atoms with Crippen LogP contribution in [0.25, 0.3) is 0 Å². The second-order valence-electron chi connectivity index (χ2n) is 17.1. The maximum absolute atomic E-state index is 12.7. The van der Waals surface area contributed by atoms with Gasteiger partial charge >= 0.3 is 13.8 Å². The van der Waals surface area contributed by atoms with Gasteiger partial charge in [-0.25, -0.2) is 4.57 Å². The zero-order chi connectivity index (χ0) is 40.6. The number of hydrogen-bond acceptors (Lipinski definition) is 6. The predicted molar refractivity (Wildman–Crippen MR) is 234 cm³/mol. The van der Waals surface area contributed by atoms with E-state index in [1.807, 2.05) is 21.1 Å². The molecule has 0 rings (SSSR count). The summed E-state index contributed by atoms with van der Waals surface area (Å²) in [5.41, 5.74) is 0. The van der Waals surface area contributed by atoms with Crippen LogP contribution in [0, 0.1) is 0 Å². The van der Waals surface area contributed by atoms with E-state index >= 15 is 0 Å². The number of allylic oxidation sites excluding steroid dienone is 2. The Morgan fingerprint density at radius 1 is 0.545 bits per heavy atom. The molecule has 0 spiro atoms. The van der Waals surface area contributed by atoms with E-state index in [1.165, 1.54) is 173 Å². The third kappa shape index (κ3) is 44.2. The van der Waals surface area contributed by atoms with Crippen molar-refractivity contribution in [1.29, 1.82) is 0 Å². The Kier molecular flexibility index (Phi) is 39.5. The molecule has 0 fully saturated rings. The van der Waals surface area contributed by atoms with Gasteiger partial charge in [0.2, 0.25) is 0 Å². The van der Waals surface area contributed by atoms with Crippen molar-refractivity contribution >= 4 is 13.8 Å². The van der Waals surface area contributed by atoms with Crippen molar-refractivity contribution < 1.29 is 37.3 Å². The van der Waals surface area contributed by atoms with Crippen LogP contribution in [-0.4, -0.2) is 75.6 Å². The number of carbonyl (C=O) groups is 1. The number of likely N-dealkylation sites (N-methyl/N-ethyl adjacent to an activating group) is 1. The van der Waals surface area contributed by atoms with Crippen molar-refractivity contribution in [3.05, 3.63) is 12.2 Å². The molecule has 0 saturated carbocycles. The van der Waals surface area contributed by atoms with Crippen molar-refractivity contribution in [1.82, 2.24) is 0 Å². The molecule has 8 nitrogen and oxygen atoms in total. The summed E-state index contributed by atoms with van der Waals surface area (Å²) in [7, 11) is 1.66. The third-order valence-electron chi connectivity index (χ3n) is 10.3. The smallest absolute Gasteiger partial charge is 0.457 e. The number of quaternary nitrogens is 1. The molecule has 0 bridgehead atoms. The van der Waals surface area contributed by atoms with Crippen LogP contribution in [0.5, 0.6) is 0 Å². The first-order valence-electron chi connectivity index (χ1n) is 23.4. The van der Waals surface area contributed by atoms with E-state index in [1.54, 1.807) is 0 Å². The molecular weight excluding hydrogens is 709 g/mol. The molecule has 0 amide bonds. The van der Waals surface area contributed by atoms with E-state index in [-0.39, 0.29) is 32.2 Å². The van der Waals surface area contributed by atoms with Crippen LogP contribution in [0.15, 0.2) is 12.2 Å². The molecule has 9 heteroatoms. The number of unbranched alkanes of at least 4 members (excludes halogenated alkanes) is 28. The van der Waals surface area contributed by atoms with Gasteiger partial charge in [-0.2, -0.15) is 0 Å². The molecule has 2 atom stereocenters. The van der Waals surface area contributed by atoms with Gasteiger partial charge in [-0.3, -0.25) is 13.8 Å². The van der Waals surface area contributed by atoms with Crippen LogP contribution >= 0.6 is 7.82 Å². The number of carbonyl (C=O) groups excluding carboxylic acids is 1. The third-order valence-corrected chi connectivity index (χ3v) is 11.3. The number of esters is 1. The highest BCUT2D eigenvalue weighted by Crippen LogP contribution is 2.43. The zero-order valence-electron chi connectivity index (χ0n) is 37.2. The minimum atomic E-state index is -4.28. The summed E-state index contributed by atoms with van der Waals surface area (Å²) in [5, 5.41) is 0. The van der Waals surface area contributed by atoms with Crippen LogP contribution in [0.3, 0.4) is 0 Å². The molecule has 0 radical (unpaired) electrons. The van der Waals surface area contributed by atoms with Crippen LogP contribution in [0.1, 0.15) is 219 Å². The standard InChI is InChI=1S/C46H92NO7P/c1-6-8-10-12-14-16-18-20-22-23-24-25-26-27-29-31-33-35-37-39-46(48)54-45(44-53-55(49,50)52-42-40-47(3,4)5)43-51-41-38-36-34-32-30-28-21-19-17-15-13-11-9-7-2/h33,35,45H,6-32,34,36-44H2,1-5H3/p+1/b35-33-. The molecular formula is C46H93NO7P+. The summed E-state index contributed by atoms with van der Waals surface area (Å²) in [4.78, 5) is 22.9. The van der Waals surface area contributed by atoms with Crippen LogP contribution in [0.4, 0.5) is 0 Å². The molecule has 0 aliphatic carbocycles. The van der Waals surface area contributed by atoms with Crippen molar-refractivity contribution in [3.8, 4) is 0 Å². The molecule has 0 aliphatic rings. The number of phosphoric ester groups is 1. The van der Waals surface area contributed by atoms with Crippen LogP contribution < -0.4 is 0 Å². The molecule has 1 N–H and O–H groups in total. The predicted octanol–water partition coefficient (Wildman–Crippen LogP) is 13.8. The Bertz CT molecular complexity index is 894. The highest BCUT2D eigenvalue weighted by atomic mass is 31.2. The van der Waals surface area contributed by atoms with Gasteiger partial charge in [0.1, 0.15) is 19.3 Å². The van der Waals surface area contributed by atoms with E-state index in [0.717, 1.165) is 19.3 Å². The molecule has 55 heavy (non-hydrogen) atoms. The fraction of sp³-hybridized carbons (Fsp3) is 0.935. The summed E-state index contributed by atoms with van der Waals surface area (Å²) < 4.78 is 35.0. The monoisotopic (exact) mass is 803 g/mol. The molecule has 328 valence electrons. The van der Waals surface area contributed by atoms with E-state index in [0.29, 0.717) is 24.1 Å². The fourth-order valence-electron chi connectivity index (χ4n) is 6.69. The molecule has 0 aromatic heterocycles. The van der Waals surface area contributed by atoms with E-state index in [2.05, 4.69) is 26.0 Å². The average molecular weight is 803 g/mol. The first kappa shape index (κ1) is 54.2. The van der Waals surface area contributed by atoms with Gasteiger partial charge in [-0.05, 0) is 25.7 Å². The van der Waals surface area contributed by atoms with Crippen molar-refractivity contribution in [2.24, 2.45) is 0 Å². The van der Waals surface area contributed by atoms with Gasteiger partial charge in [0.15, 0.2) is 0 Å². The molecule has 0 aromatic rings. The van der Waals surface area contributed by atoms with Crippen LogP contribution in [-0.2, 0) is 27.9 Å². The second kappa shape index (κ2) is 40.0. The minimum absolute atomic E-state index is 0.0864. The lowest BCUT2D eigenvalue weighted by Crippen LogP contribution is -2.37. The SMILES string of the molecule is CCCCCCCCCCCCCCCCC/C=C\CCC(=O)OC(COCCCCCCCCCCCCCCCC)COP(=O)(O)OCC[N+](C)(C)C. The highest BCUT2D eigenvalue weighted by Gasteiger charge is 2.26. The number of nitrogens with zero attached hydrogens (tertiary/aromatic N) is 1. The highest BCUT2D eigenvalue weighted by molar-refractivity contribution is 7.47. The Labute approximate surface area is 341 Å². The van der Waals surface area contributed by atoms with Crippen molar-refractivity contribution in [2.45, 2.75) is 225 Å². The van der Waals surface area contributed by atoms with Gasteiger partial charge in [0, 0.05) is 13.0 Å². The van der Waals surface area contributed by atoms with Crippen LogP contribution in [0.2, 0.25) is 0 Å². The largest absolute Gasteiger partial charge is 0.472 e. The minimum Gasteiger partial charge on any atom is -0.457 e. The Hall–Kier alpha value is -0.760. The number of rotatable bonds is 44. The number of phosphoric acid groups is 1. The topological polar surface area (TPSA) is 91.3 Å². The molecule has 2 unspecified atom stereocenters. The summed E-state index contributed by atoms with van der Waals surface area (Å²) >= 11 is 0. The Morgan fingerprint density at radius 2 is 0.945 bits per heavy atom. The summed E-state index contributed by atoms with van der Waals surface area (Å²) in [6, 6.07) is 0. The average Bonchev–Trinajstić information content (AvgIpc) is 3.13. The lowest BCUT2D eigenvalue weighted by molar-refractivity contribution is -0.870. The van der Waals surface area contributed by atoms with Gasteiger partial charge in [-0.15, -0.1) is 0 Å². The molecule has 0 aliphatic heterocycles. The fourth-order valence-corrected chi connectivity index (χ4v) is 7.43. The lowest BCUT2D eigenvalue weighted by Gasteiger charge is -2.24. The quantitative estimate of drug-likeness (QED) is 0.0216. The van der Waals surface area contributed by atoms with E-state index in [4.69, 9.17) is 18.5 Å². The lowest BCUT2D eigenvalue weighted by atomic mass is 10.0. The maximum Gasteiger partial charge on any atom is 0.472 e. The van der Waals surface area contributed by atoms with Gasteiger partial charge in [-0.1, -0.05) is 199 Å². The van der Waals surface area contributed by atoms with Gasteiger partial charge < -0.3 is 18.9 Å². The first-order valence-corrected chi connectivity index (χ1v) is 24.9. The Morgan fingerprint density at radius 3 is 1.38 bits per heavy atom. The number of hydrogen-bond donors (Lipinski definition) is 1. The Balaban J connectivity index is 4.19. The maximum atomic E-state index is 12.7. The molecule has 0 saturated heterocycles. The first-order chi connectivity index (χ1) is 26.6. The zero-order valence-corrected chi connectivity index (χ0v) is 38.1. The number of ether oxygens (including phenoxy) is 2. The molecule has 0 aromatic carbocycles.